The second-order valence-corrected chi connectivity index (χ2v) is 7.40. The largest absolute Gasteiger partial charge is 0.348 e. The minimum Gasteiger partial charge on any atom is -0.348 e. The van der Waals surface area contributed by atoms with Crippen LogP contribution in [0.1, 0.15) is 43.0 Å². The van der Waals surface area contributed by atoms with Crippen LogP contribution in [-0.2, 0) is 11.3 Å². The Bertz CT molecular complexity index is 897. The summed E-state index contributed by atoms with van der Waals surface area (Å²) in [5.41, 5.74) is 2.08. The summed E-state index contributed by atoms with van der Waals surface area (Å²) in [4.78, 5) is 17.5. The zero-order chi connectivity index (χ0) is 17.9. The number of benzene rings is 1. The molecule has 2 aromatic heterocycles. The van der Waals surface area contributed by atoms with Gasteiger partial charge in [-0.2, -0.15) is 0 Å². The molecule has 0 radical (unpaired) electrons. The van der Waals surface area contributed by atoms with E-state index in [2.05, 4.69) is 10.3 Å². The highest BCUT2D eigenvalue weighted by molar-refractivity contribution is 6.30. The molecule has 1 N–H and O–H groups in total. The van der Waals surface area contributed by atoms with Gasteiger partial charge in [-0.25, -0.2) is 4.98 Å². The molecular formula is C21H22ClN3O. The molecule has 1 fully saturated rings. The number of rotatable bonds is 5. The van der Waals surface area contributed by atoms with Gasteiger partial charge in [-0.3, -0.25) is 4.79 Å². The summed E-state index contributed by atoms with van der Waals surface area (Å²) in [7, 11) is 0. The second kappa shape index (κ2) is 7.50. The van der Waals surface area contributed by atoms with E-state index in [0.717, 1.165) is 29.7 Å². The van der Waals surface area contributed by atoms with Crippen LogP contribution in [0.25, 0.3) is 5.52 Å². The molecule has 5 heteroatoms. The molecule has 1 amide bonds. The van der Waals surface area contributed by atoms with Crippen LogP contribution in [-0.4, -0.2) is 15.3 Å². The standard InChI is InChI=1S/C21H22ClN3O/c22-17-10-8-16(9-11-17)20(15-5-1-2-6-15)21(26)24-14-19-23-13-18-7-3-4-12-25(18)19/h3-4,7-13,15,20H,1-2,5-6,14H2,(H,24,26). The fourth-order valence-corrected chi connectivity index (χ4v) is 4.13. The smallest absolute Gasteiger partial charge is 0.228 e. The van der Waals surface area contributed by atoms with Gasteiger partial charge in [0.2, 0.25) is 5.91 Å². The first-order chi connectivity index (χ1) is 12.7. The highest BCUT2D eigenvalue weighted by Crippen LogP contribution is 2.37. The molecule has 4 nitrogen and oxygen atoms in total. The van der Waals surface area contributed by atoms with E-state index in [4.69, 9.17) is 11.6 Å². The van der Waals surface area contributed by atoms with Gasteiger partial charge in [0.1, 0.15) is 5.82 Å². The summed E-state index contributed by atoms with van der Waals surface area (Å²) in [6.07, 6.45) is 8.41. The predicted octanol–water partition coefficient (Wildman–Crippen LogP) is 4.58. The number of halogens is 1. The van der Waals surface area contributed by atoms with E-state index in [-0.39, 0.29) is 11.8 Å². The summed E-state index contributed by atoms with van der Waals surface area (Å²) >= 11 is 6.03. The Kier molecular flexibility index (Phi) is 4.93. The van der Waals surface area contributed by atoms with Crippen molar-refractivity contribution in [2.45, 2.75) is 38.1 Å². The quantitative estimate of drug-likeness (QED) is 0.717. The van der Waals surface area contributed by atoms with Crippen molar-refractivity contribution in [3.8, 4) is 0 Å². The Morgan fingerprint density at radius 1 is 1.19 bits per heavy atom. The lowest BCUT2D eigenvalue weighted by Gasteiger charge is -2.23. The summed E-state index contributed by atoms with van der Waals surface area (Å²) < 4.78 is 2.01. The molecule has 0 spiro atoms. The Morgan fingerprint density at radius 2 is 1.96 bits per heavy atom. The van der Waals surface area contributed by atoms with Gasteiger partial charge >= 0.3 is 0 Å². The number of hydrogen-bond donors (Lipinski definition) is 1. The van der Waals surface area contributed by atoms with Crippen LogP contribution < -0.4 is 5.32 Å². The number of hydrogen-bond acceptors (Lipinski definition) is 2. The maximum atomic E-state index is 13.1. The molecule has 1 aliphatic carbocycles. The molecule has 2 heterocycles. The molecule has 26 heavy (non-hydrogen) atoms. The first kappa shape index (κ1) is 17.1. The van der Waals surface area contributed by atoms with Crippen molar-refractivity contribution in [3.05, 3.63) is 71.3 Å². The van der Waals surface area contributed by atoms with Crippen LogP contribution in [0.3, 0.4) is 0 Å². The number of aromatic nitrogens is 2. The van der Waals surface area contributed by atoms with Gasteiger partial charge in [-0.05, 0) is 48.6 Å². The van der Waals surface area contributed by atoms with Crippen molar-refractivity contribution in [2.24, 2.45) is 5.92 Å². The highest BCUT2D eigenvalue weighted by atomic mass is 35.5. The van der Waals surface area contributed by atoms with Gasteiger partial charge in [0.15, 0.2) is 0 Å². The highest BCUT2D eigenvalue weighted by Gasteiger charge is 2.32. The van der Waals surface area contributed by atoms with Gasteiger partial charge in [0, 0.05) is 11.2 Å². The average Bonchev–Trinajstić information content (AvgIpc) is 3.32. The van der Waals surface area contributed by atoms with Gasteiger partial charge in [-0.15, -0.1) is 0 Å². The van der Waals surface area contributed by atoms with Gasteiger partial charge in [0.05, 0.1) is 24.2 Å². The number of fused-ring (bicyclic) bond motifs is 1. The number of carbonyl (C=O) groups excluding carboxylic acids is 1. The number of amides is 1. The molecule has 0 aliphatic heterocycles. The Balaban J connectivity index is 1.53. The second-order valence-electron chi connectivity index (χ2n) is 6.96. The van der Waals surface area contributed by atoms with E-state index in [1.54, 1.807) is 0 Å². The number of pyridine rings is 1. The lowest BCUT2D eigenvalue weighted by atomic mass is 9.84. The molecular weight excluding hydrogens is 346 g/mol. The Labute approximate surface area is 158 Å². The zero-order valence-electron chi connectivity index (χ0n) is 14.6. The van der Waals surface area contributed by atoms with Crippen LogP contribution in [0.4, 0.5) is 0 Å². The van der Waals surface area contributed by atoms with Crippen molar-refractivity contribution < 1.29 is 4.79 Å². The van der Waals surface area contributed by atoms with Crippen LogP contribution >= 0.6 is 11.6 Å². The molecule has 1 atom stereocenters. The summed E-state index contributed by atoms with van der Waals surface area (Å²) in [6, 6.07) is 13.7. The summed E-state index contributed by atoms with van der Waals surface area (Å²) in [5, 5.41) is 3.81. The fraction of sp³-hybridized carbons (Fsp3) is 0.333. The molecule has 1 aromatic carbocycles. The van der Waals surface area contributed by atoms with Crippen molar-refractivity contribution in [3.63, 3.8) is 0 Å². The maximum absolute atomic E-state index is 13.1. The first-order valence-corrected chi connectivity index (χ1v) is 9.54. The van der Waals surface area contributed by atoms with Crippen molar-refractivity contribution in [1.82, 2.24) is 14.7 Å². The van der Waals surface area contributed by atoms with Gasteiger partial charge < -0.3 is 9.72 Å². The van der Waals surface area contributed by atoms with Gasteiger partial charge in [0.25, 0.3) is 0 Å². The maximum Gasteiger partial charge on any atom is 0.228 e. The summed E-state index contributed by atoms with van der Waals surface area (Å²) in [6.45, 7) is 0.424. The zero-order valence-corrected chi connectivity index (χ0v) is 15.3. The molecule has 1 saturated carbocycles. The van der Waals surface area contributed by atoms with Crippen LogP contribution in [0.2, 0.25) is 5.02 Å². The SMILES string of the molecule is O=C(NCc1ncc2ccccn12)C(c1ccc(Cl)cc1)C1CCCC1. The van der Waals surface area contributed by atoms with Crippen molar-refractivity contribution in [2.75, 3.05) is 0 Å². The average molecular weight is 368 g/mol. The first-order valence-electron chi connectivity index (χ1n) is 9.16. The van der Waals surface area contributed by atoms with Crippen molar-refractivity contribution >= 4 is 23.0 Å². The number of nitrogens with one attached hydrogen (secondary N) is 1. The predicted molar refractivity (Wildman–Crippen MR) is 103 cm³/mol. The molecule has 1 unspecified atom stereocenters. The lowest BCUT2D eigenvalue weighted by Crippen LogP contribution is -2.33. The number of nitrogens with zero attached hydrogens (tertiary/aromatic N) is 2. The van der Waals surface area contributed by atoms with Gasteiger partial charge in [-0.1, -0.05) is 42.6 Å². The molecule has 3 aromatic rings. The molecule has 134 valence electrons. The molecule has 0 bridgehead atoms. The number of carbonyl (C=O) groups is 1. The Morgan fingerprint density at radius 3 is 2.73 bits per heavy atom. The van der Waals surface area contributed by atoms with E-state index in [9.17, 15) is 4.79 Å². The van der Waals surface area contributed by atoms with E-state index >= 15 is 0 Å². The minimum atomic E-state index is -0.124. The lowest BCUT2D eigenvalue weighted by molar-refractivity contribution is -0.124. The third-order valence-electron chi connectivity index (χ3n) is 5.32. The number of imidazole rings is 1. The topological polar surface area (TPSA) is 46.4 Å². The fourth-order valence-electron chi connectivity index (χ4n) is 4.00. The van der Waals surface area contributed by atoms with E-state index < -0.39 is 0 Å². The molecule has 0 saturated heterocycles. The third-order valence-corrected chi connectivity index (χ3v) is 5.57. The summed E-state index contributed by atoms with van der Waals surface area (Å²) in [5.74, 6) is 1.19. The molecule has 4 rings (SSSR count). The van der Waals surface area contributed by atoms with Crippen LogP contribution in [0.15, 0.2) is 54.9 Å². The Hall–Kier alpha value is -2.33. The van der Waals surface area contributed by atoms with E-state index in [0.29, 0.717) is 17.5 Å². The molecule has 1 aliphatic rings. The van der Waals surface area contributed by atoms with Crippen LogP contribution in [0.5, 0.6) is 0 Å². The van der Waals surface area contributed by atoms with Crippen molar-refractivity contribution in [1.29, 1.82) is 0 Å². The van der Waals surface area contributed by atoms with Crippen LogP contribution in [0, 0.1) is 5.92 Å². The minimum absolute atomic E-state index is 0.0758. The normalized spacial score (nSPS) is 16.0. The third kappa shape index (κ3) is 3.47. The van der Waals surface area contributed by atoms with E-state index in [1.807, 2.05) is 59.3 Å². The van der Waals surface area contributed by atoms with E-state index in [1.165, 1.54) is 12.8 Å². The monoisotopic (exact) mass is 367 g/mol.